The van der Waals surface area contributed by atoms with Crippen LogP contribution in [-0.2, 0) is 0 Å². The Hall–Kier alpha value is -2.54. The Bertz CT molecular complexity index is 762. The number of nitrogens with one attached hydrogen (secondary N) is 1. The summed E-state index contributed by atoms with van der Waals surface area (Å²) in [5.41, 5.74) is 3.67. The van der Waals surface area contributed by atoms with E-state index in [0.29, 0.717) is 27.3 Å². The molecule has 24 heavy (non-hydrogen) atoms. The SMILES string of the molecule is COc1cccc(C(=O)N/N=C/c2ccc(OC)c(OC)c2Br)c1. The van der Waals surface area contributed by atoms with Crippen molar-refractivity contribution in [3.63, 3.8) is 0 Å². The topological polar surface area (TPSA) is 69.2 Å². The normalized spacial score (nSPS) is 10.5. The van der Waals surface area contributed by atoms with Gasteiger partial charge < -0.3 is 14.2 Å². The van der Waals surface area contributed by atoms with Crippen molar-refractivity contribution in [3.8, 4) is 17.2 Å². The second-order valence-corrected chi connectivity index (χ2v) is 5.43. The molecular weight excluding hydrogens is 376 g/mol. The Morgan fingerprint density at radius 1 is 1.12 bits per heavy atom. The van der Waals surface area contributed by atoms with Crippen LogP contribution in [0.3, 0.4) is 0 Å². The van der Waals surface area contributed by atoms with E-state index in [1.165, 1.54) is 6.21 Å². The van der Waals surface area contributed by atoms with Gasteiger partial charge in [0.2, 0.25) is 0 Å². The third-order valence-corrected chi connectivity index (χ3v) is 4.03. The molecule has 0 saturated heterocycles. The molecule has 0 spiro atoms. The van der Waals surface area contributed by atoms with Crippen molar-refractivity contribution in [1.82, 2.24) is 5.43 Å². The van der Waals surface area contributed by atoms with E-state index in [-0.39, 0.29) is 5.91 Å². The van der Waals surface area contributed by atoms with Crippen molar-refractivity contribution < 1.29 is 19.0 Å². The van der Waals surface area contributed by atoms with Crippen LogP contribution in [0, 0.1) is 0 Å². The van der Waals surface area contributed by atoms with Crippen molar-refractivity contribution in [2.24, 2.45) is 5.10 Å². The summed E-state index contributed by atoms with van der Waals surface area (Å²) in [6, 6.07) is 10.4. The summed E-state index contributed by atoms with van der Waals surface area (Å²) >= 11 is 3.44. The van der Waals surface area contributed by atoms with Gasteiger partial charge in [0.05, 0.1) is 32.0 Å². The summed E-state index contributed by atoms with van der Waals surface area (Å²) in [5, 5.41) is 3.97. The van der Waals surface area contributed by atoms with Gasteiger partial charge in [0, 0.05) is 11.1 Å². The number of amides is 1. The summed E-state index contributed by atoms with van der Waals surface area (Å²) in [5.74, 6) is 1.43. The Balaban J connectivity index is 2.12. The molecule has 0 radical (unpaired) electrons. The zero-order valence-corrected chi connectivity index (χ0v) is 15.1. The van der Waals surface area contributed by atoms with Crippen molar-refractivity contribution in [3.05, 3.63) is 52.0 Å². The number of halogens is 1. The molecule has 0 atom stereocenters. The van der Waals surface area contributed by atoms with Gasteiger partial charge in [-0.2, -0.15) is 5.10 Å². The Kier molecular flexibility index (Phi) is 6.20. The minimum absolute atomic E-state index is 0.332. The van der Waals surface area contributed by atoms with E-state index < -0.39 is 0 Å². The molecule has 0 heterocycles. The Morgan fingerprint density at radius 2 is 1.92 bits per heavy atom. The number of hydrogen-bond donors (Lipinski definition) is 1. The van der Waals surface area contributed by atoms with Crippen LogP contribution in [0.4, 0.5) is 0 Å². The molecule has 7 heteroatoms. The van der Waals surface area contributed by atoms with E-state index in [0.717, 1.165) is 5.56 Å². The molecule has 6 nitrogen and oxygen atoms in total. The minimum atomic E-state index is -0.332. The van der Waals surface area contributed by atoms with Gasteiger partial charge in [0.25, 0.3) is 5.91 Å². The van der Waals surface area contributed by atoms with E-state index in [4.69, 9.17) is 14.2 Å². The standard InChI is InChI=1S/C17H17BrN2O4/c1-22-13-6-4-5-11(9-13)17(21)20-19-10-12-7-8-14(23-2)16(24-3)15(12)18/h4-10H,1-3H3,(H,20,21)/b19-10+. The number of rotatable bonds is 6. The van der Waals surface area contributed by atoms with Crippen LogP contribution < -0.4 is 19.6 Å². The molecule has 126 valence electrons. The van der Waals surface area contributed by atoms with Gasteiger partial charge in [-0.15, -0.1) is 0 Å². The fourth-order valence-electron chi connectivity index (χ4n) is 1.99. The molecule has 1 amide bonds. The Labute approximate surface area is 148 Å². The summed E-state index contributed by atoms with van der Waals surface area (Å²) in [6.07, 6.45) is 1.52. The maximum atomic E-state index is 12.1. The van der Waals surface area contributed by atoms with E-state index in [1.807, 2.05) is 0 Å². The lowest BCUT2D eigenvalue weighted by molar-refractivity contribution is 0.0955. The number of ether oxygens (including phenoxy) is 3. The van der Waals surface area contributed by atoms with Crippen LogP contribution in [-0.4, -0.2) is 33.5 Å². The quantitative estimate of drug-likeness (QED) is 0.605. The molecule has 1 N–H and O–H groups in total. The molecule has 0 aliphatic carbocycles. The fourth-order valence-corrected chi connectivity index (χ4v) is 2.59. The number of hydrogen-bond acceptors (Lipinski definition) is 5. The predicted octanol–water partition coefficient (Wildman–Crippen LogP) is 3.24. The van der Waals surface area contributed by atoms with Crippen LogP contribution >= 0.6 is 15.9 Å². The maximum absolute atomic E-state index is 12.1. The maximum Gasteiger partial charge on any atom is 0.271 e. The highest BCUT2D eigenvalue weighted by molar-refractivity contribution is 9.10. The van der Waals surface area contributed by atoms with Crippen LogP contribution in [0.5, 0.6) is 17.2 Å². The first kappa shape index (κ1) is 17.8. The highest BCUT2D eigenvalue weighted by Crippen LogP contribution is 2.36. The fraction of sp³-hybridized carbons (Fsp3) is 0.176. The molecule has 0 bridgehead atoms. The summed E-state index contributed by atoms with van der Waals surface area (Å²) < 4.78 is 16.3. The van der Waals surface area contributed by atoms with Gasteiger partial charge in [0.1, 0.15) is 5.75 Å². The Morgan fingerprint density at radius 3 is 2.58 bits per heavy atom. The zero-order chi connectivity index (χ0) is 17.5. The smallest absolute Gasteiger partial charge is 0.271 e. The van der Waals surface area contributed by atoms with Crippen LogP contribution in [0.1, 0.15) is 15.9 Å². The van der Waals surface area contributed by atoms with Gasteiger partial charge in [-0.25, -0.2) is 5.43 Å². The lowest BCUT2D eigenvalue weighted by Gasteiger charge is -2.10. The summed E-state index contributed by atoms with van der Waals surface area (Å²) in [4.78, 5) is 12.1. The molecule has 2 aromatic carbocycles. The van der Waals surface area contributed by atoms with Gasteiger partial charge >= 0.3 is 0 Å². The van der Waals surface area contributed by atoms with E-state index in [2.05, 4.69) is 26.5 Å². The van der Waals surface area contributed by atoms with Crippen LogP contribution in [0.25, 0.3) is 0 Å². The van der Waals surface area contributed by atoms with Gasteiger partial charge in [-0.05, 0) is 46.3 Å². The monoisotopic (exact) mass is 392 g/mol. The molecule has 0 aliphatic rings. The molecule has 0 unspecified atom stereocenters. The minimum Gasteiger partial charge on any atom is -0.497 e. The van der Waals surface area contributed by atoms with E-state index in [1.54, 1.807) is 57.7 Å². The molecule has 0 fully saturated rings. The van der Waals surface area contributed by atoms with Crippen LogP contribution in [0.2, 0.25) is 0 Å². The lowest BCUT2D eigenvalue weighted by atomic mass is 10.2. The van der Waals surface area contributed by atoms with Crippen molar-refractivity contribution in [2.45, 2.75) is 0 Å². The van der Waals surface area contributed by atoms with Crippen molar-refractivity contribution >= 4 is 28.1 Å². The zero-order valence-electron chi connectivity index (χ0n) is 13.5. The number of benzene rings is 2. The largest absolute Gasteiger partial charge is 0.497 e. The molecule has 0 saturated carbocycles. The molecule has 2 rings (SSSR count). The average Bonchev–Trinajstić information content (AvgIpc) is 2.62. The van der Waals surface area contributed by atoms with Crippen LogP contribution in [0.15, 0.2) is 46.0 Å². The number of carbonyl (C=O) groups excluding carboxylic acids is 1. The highest BCUT2D eigenvalue weighted by atomic mass is 79.9. The number of carbonyl (C=O) groups is 1. The molecular formula is C17H17BrN2O4. The number of nitrogens with zero attached hydrogens (tertiary/aromatic N) is 1. The summed E-state index contributed by atoms with van der Waals surface area (Å²) in [6.45, 7) is 0. The molecule has 0 aliphatic heterocycles. The second-order valence-electron chi connectivity index (χ2n) is 4.64. The third kappa shape index (κ3) is 4.05. The molecule has 2 aromatic rings. The number of hydrazone groups is 1. The predicted molar refractivity (Wildman–Crippen MR) is 95.3 cm³/mol. The molecule has 0 aromatic heterocycles. The first-order valence-electron chi connectivity index (χ1n) is 6.98. The van der Waals surface area contributed by atoms with Gasteiger partial charge in [-0.3, -0.25) is 4.79 Å². The first-order chi connectivity index (χ1) is 11.6. The van der Waals surface area contributed by atoms with E-state index >= 15 is 0 Å². The first-order valence-corrected chi connectivity index (χ1v) is 7.78. The van der Waals surface area contributed by atoms with Crippen molar-refractivity contribution in [2.75, 3.05) is 21.3 Å². The number of methoxy groups -OCH3 is 3. The van der Waals surface area contributed by atoms with Gasteiger partial charge in [-0.1, -0.05) is 6.07 Å². The van der Waals surface area contributed by atoms with E-state index in [9.17, 15) is 4.79 Å². The van der Waals surface area contributed by atoms with Gasteiger partial charge in [0.15, 0.2) is 11.5 Å². The second kappa shape index (κ2) is 8.35. The van der Waals surface area contributed by atoms with Crippen molar-refractivity contribution in [1.29, 1.82) is 0 Å². The third-order valence-electron chi connectivity index (χ3n) is 3.22. The highest BCUT2D eigenvalue weighted by Gasteiger charge is 2.11. The summed E-state index contributed by atoms with van der Waals surface area (Å²) in [7, 11) is 4.66. The lowest BCUT2D eigenvalue weighted by Crippen LogP contribution is -2.17. The average molecular weight is 393 g/mol.